The Morgan fingerprint density at radius 1 is 1.26 bits per heavy atom. The third-order valence-corrected chi connectivity index (χ3v) is 3.39. The number of anilines is 1. The van der Waals surface area contributed by atoms with Gasteiger partial charge in [0.2, 0.25) is 5.88 Å². The summed E-state index contributed by atoms with van der Waals surface area (Å²) in [5.41, 5.74) is 0. The van der Waals surface area contributed by atoms with Crippen LogP contribution in [0, 0.1) is 0 Å². The molecule has 0 bridgehead atoms. The summed E-state index contributed by atoms with van der Waals surface area (Å²) >= 11 is 0. The first-order valence-corrected chi connectivity index (χ1v) is 7.44. The van der Waals surface area contributed by atoms with E-state index in [2.05, 4.69) is 22.1 Å². The molecule has 4 nitrogen and oxygen atoms in total. The quantitative estimate of drug-likeness (QED) is 0.821. The van der Waals surface area contributed by atoms with Gasteiger partial charge in [0.05, 0.1) is 0 Å². The van der Waals surface area contributed by atoms with Gasteiger partial charge in [-0.3, -0.25) is 4.90 Å². The van der Waals surface area contributed by atoms with Crippen LogP contribution >= 0.6 is 0 Å². The van der Waals surface area contributed by atoms with Crippen LogP contribution in [0.3, 0.4) is 0 Å². The van der Waals surface area contributed by atoms with Crippen LogP contribution in [0.5, 0.6) is 5.88 Å². The van der Waals surface area contributed by atoms with Crippen molar-refractivity contribution in [2.24, 2.45) is 0 Å². The highest BCUT2D eigenvalue weighted by Gasteiger charge is 2.09. The number of hydrogen-bond acceptors (Lipinski definition) is 4. The monoisotopic (exact) mass is 263 g/mol. The maximum Gasteiger partial charge on any atom is 0.215 e. The molecule has 0 aliphatic carbocycles. The molecule has 106 valence electrons. The highest BCUT2D eigenvalue weighted by atomic mass is 16.5. The molecular formula is C15H25N3O. The lowest BCUT2D eigenvalue weighted by atomic mass is 10.1. The topological polar surface area (TPSA) is 37.4 Å². The molecule has 0 unspecified atom stereocenters. The van der Waals surface area contributed by atoms with Crippen molar-refractivity contribution in [2.75, 3.05) is 38.1 Å². The Kier molecular flexibility index (Phi) is 5.95. The van der Waals surface area contributed by atoms with Crippen LogP contribution in [0.25, 0.3) is 0 Å². The summed E-state index contributed by atoms with van der Waals surface area (Å²) in [6.07, 6.45) is 5.13. The number of rotatable bonds is 7. The van der Waals surface area contributed by atoms with Gasteiger partial charge < -0.3 is 10.1 Å². The summed E-state index contributed by atoms with van der Waals surface area (Å²) in [5.74, 6) is 1.62. The SMILES string of the molecule is CCCNc1cccc(OCCN2CCCCC2)n1. The smallest absolute Gasteiger partial charge is 0.215 e. The third kappa shape index (κ3) is 5.07. The second kappa shape index (κ2) is 8.00. The Bertz CT molecular complexity index is 364. The minimum absolute atomic E-state index is 0.720. The van der Waals surface area contributed by atoms with E-state index in [1.165, 1.54) is 32.4 Å². The Hall–Kier alpha value is -1.29. The van der Waals surface area contributed by atoms with Gasteiger partial charge in [0.25, 0.3) is 0 Å². The normalized spacial score (nSPS) is 16.3. The number of piperidine rings is 1. The van der Waals surface area contributed by atoms with Crippen LogP contribution in [-0.4, -0.2) is 42.7 Å². The van der Waals surface area contributed by atoms with Gasteiger partial charge in [-0.2, -0.15) is 4.98 Å². The van der Waals surface area contributed by atoms with Crippen molar-refractivity contribution < 1.29 is 4.74 Å². The molecule has 1 saturated heterocycles. The number of nitrogens with one attached hydrogen (secondary N) is 1. The van der Waals surface area contributed by atoms with Crippen LogP contribution in [0.1, 0.15) is 32.6 Å². The van der Waals surface area contributed by atoms with E-state index < -0.39 is 0 Å². The van der Waals surface area contributed by atoms with E-state index in [0.717, 1.165) is 37.8 Å². The van der Waals surface area contributed by atoms with Crippen LogP contribution in [0.2, 0.25) is 0 Å². The highest BCUT2D eigenvalue weighted by molar-refractivity contribution is 5.36. The fourth-order valence-corrected chi connectivity index (χ4v) is 2.31. The van der Waals surface area contributed by atoms with E-state index in [1.54, 1.807) is 0 Å². The minimum atomic E-state index is 0.720. The van der Waals surface area contributed by atoms with E-state index >= 15 is 0 Å². The van der Waals surface area contributed by atoms with Gasteiger partial charge >= 0.3 is 0 Å². The second-order valence-electron chi connectivity index (χ2n) is 5.04. The lowest BCUT2D eigenvalue weighted by molar-refractivity contribution is 0.180. The van der Waals surface area contributed by atoms with Crippen molar-refractivity contribution in [2.45, 2.75) is 32.6 Å². The van der Waals surface area contributed by atoms with Gasteiger partial charge in [0, 0.05) is 19.2 Å². The van der Waals surface area contributed by atoms with Crippen LogP contribution < -0.4 is 10.1 Å². The molecule has 1 fully saturated rings. The molecule has 0 atom stereocenters. The van der Waals surface area contributed by atoms with Gasteiger partial charge in [0.1, 0.15) is 12.4 Å². The van der Waals surface area contributed by atoms with Crippen molar-refractivity contribution >= 4 is 5.82 Å². The number of ether oxygens (including phenoxy) is 1. The minimum Gasteiger partial charge on any atom is -0.476 e. The molecule has 0 aromatic carbocycles. The van der Waals surface area contributed by atoms with Crippen LogP contribution in [-0.2, 0) is 0 Å². The zero-order chi connectivity index (χ0) is 13.3. The largest absolute Gasteiger partial charge is 0.476 e. The molecule has 1 aromatic rings. The van der Waals surface area contributed by atoms with E-state index in [9.17, 15) is 0 Å². The van der Waals surface area contributed by atoms with Gasteiger partial charge in [-0.05, 0) is 38.4 Å². The van der Waals surface area contributed by atoms with Gasteiger partial charge in [-0.25, -0.2) is 0 Å². The molecule has 0 saturated carbocycles. The molecule has 1 aromatic heterocycles. The Morgan fingerprint density at radius 3 is 2.89 bits per heavy atom. The van der Waals surface area contributed by atoms with Gasteiger partial charge in [-0.1, -0.05) is 19.4 Å². The van der Waals surface area contributed by atoms with Crippen molar-refractivity contribution in [3.05, 3.63) is 18.2 Å². The third-order valence-electron chi connectivity index (χ3n) is 3.39. The number of hydrogen-bond donors (Lipinski definition) is 1. The first-order valence-electron chi connectivity index (χ1n) is 7.44. The molecule has 4 heteroatoms. The predicted octanol–water partition coefficient (Wildman–Crippen LogP) is 2.77. The summed E-state index contributed by atoms with van der Waals surface area (Å²) in [6.45, 7) is 7.26. The lowest BCUT2D eigenvalue weighted by Crippen LogP contribution is -2.33. The lowest BCUT2D eigenvalue weighted by Gasteiger charge is -2.26. The fourth-order valence-electron chi connectivity index (χ4n) is 2.31. The molecule has 1 aliphatic heterocycles. The molecule has 19 heavy (non-hydrogen) atoms. The predicted molar refractivity (Wildman–Crippen MR) is 78.8 cm³/mol. The summed E-state index contributed by atoms with van der Waals surface area (Å²) in [4.78, 5) is 6.92. The Morgan fingerprint density at radius 2 is 2.11 bits per heavy atom. The Balaban J connectivity index is 1.72. The molecule has 1 N–H and O–H groups in total. The summed E-state index contributed by atoms with van der Waals surface area (Å²) in [6, 6.07) is 5.89. The van der Waals surface area contributed by atoms with E-state index in [1.807, 2.05) is 18.2 Å². The Labute approximate surface area is 116 Å². The first kappa shape index (κ1) is 14.1. The van der Waals surface area contributed by atoms with Gasteiger partial charge in [-0.15, -0.1) is 0 Å². The first-order chi connectivity index (χ1) is 9.38. The average molecular weight is 263 g/mol. The number of nitrogens with zero attached hydrogens (tertiary/aromatic N) is 2. The molecule has 2 heterocycles. The molecule has 0 spiro atoms. The van der Waals surface area contributed by atoms with Crippen LogP contribution in [0.15, 0.2) is 18.2 Å². The summed E-state index contributed by atoms with van der Waals surface area (Å²) < 4.78 is 5.74. The molecule has 1 aliphatic rings. The van der Waals surface area contributed by atoms with Crippen molar-refractivity contribution in [1.29, 1.82) is 0 Å². The van der Waals surface area contributed by atoms with Gasteiger partial charge in [0.15, 0.2) is 0 Å². The number of likely N-dealkylation sites (tertiary alicyclic amines) is 1. The molecule has 2 rings (SSSR count). The van der Waals surface area contributed by atoms with E-state index in [4.69, 9.17) is 4.74 Å². The summed E-state index contributed by atoms with van der Waals surface area (Å²) in [7, 11) is 0. The molecular weight excluding hydrogens is 238 g/mol. The fraction of sp³-hybridized carbons (Fsp3) is 0.667. The van der Waals surface area contributed by atoms with Crippen molar-refractivity contribution in [1.82, 2.24) is 9.88 Å². The maximum atomic E-state index is 5.74. The zero-order valence-corrected chi connectivity index (χ0v) is 11.9. The second-order valence-corrected chi connectivity index (χ2v) is 5.04. The molecule has 0 amide bonds. The zero-order valence-electron chi connectivity index (χ0n) is 11.9. The van der Waals surface area contributed by atoms with Crippen molar-refractivity contribution in [3.63, 3.8) is 0 Å². The summed E-state index contributed by atoms with van der Waals surface area (Å²) in [5, 5.41) is 3.27. The maximum absolute atomic E-state index is 5.74. The average Bonchev–Trinajstić information content (AvgIpc) is 2.47. The van der Waals surface area contributed by atoms with E-state index in [-0.39, 0.29) is 0 Å². The number of pyridine rings is 1. The highest BCUT2D eigenvalue weighted by Crippen LogP contribution is 2.12. The number of aromatic nitrogens is 1. The molecule has 0 radical (unpaired) electrons. The standard InChI is InChI=1S/C15H25N3O/c1-2-9-16-14-7-6-8-15(17-14)19-13-12-18-10-4-3-5-11-18/h6-8H,2-5,9-13H2,1H3,(H,16,17). The van der Waals surface area contributed by atoms with E-state index in [0.29, 0.717) is 0 Å². The van der Waals surface area contributed by atoms with Crippen LogP contribution in [0.4, 0.5) is 5.82 Å². The van der Waals surface area contributed by atoms with Crippen molar-refractivity contribution in [3.8, 4) is 5.88 Å².